The third kappa shape index (κ3) is 7.06. The molecule has 2 atom stereocenters. The number of rotatable bonds is 14. The second-order valence-corrected chi connectivity index (χ2v) is 10.3. The number of imidazole rings is 1. The number of aromatic amines is 1. The molecule has 2 aromatic rings. The van der Waals surface area contributed by atoms with Crippen molar-refractivity contribution >= 4 is 28.4 Å². The highest BCUT2D eigenvalue weighted by molar-refractivity contribution is 7.89. The van der Waals surface area contributed by atoms with E-state index in [1.54, 1.807) is 44.4 Å². The zero-order valence-corrected chi connectivity index (χ0v) is 21.3. The summed E-state index contributed by atoms with van der Waals surface area (Å²) in [5, 5.41) is 12.8. The van der Waals surface area contributed by atoms with Crippen LogP contribution in [0.5, 0.6) is 0 Å². The Morgan fingerprint density at radius 3 is 2.61 bits per heavy atom. The lowest BCUT2D eigenvalue weighted by Gasteiger charge is -2.26. The fraction of sp³-hybridized carbons (Fsp3) is 0.435. The van der Waals surface area contributed by atoms with Gasteiger partial charge in [0.1, 0.15) is 6.04 Å². The van der Waals surface area contributed by atoms with Gasteiger partial charge in [-0.1, -0.05) is 17.7 Å². The molecule has 12 nitrogen and oxygen atoms in total. The summed E-state index contributed by atoms with van der Waals surface area (Å²) in [6.07, 6.45) is 6.99. The number of hydroxylamine groups is 1. The summed E-state index contributed by atoms with van der Waals surface area (Å²) >= 11 is 0. The van der Waals surface area contributed by atoms with Crippen LogP contribution in [0.2, 0.25) is 0 Å². The van der Waals surface area contributed by atoms with E-state index in [-0.39, 0.29) is 4.90 Å². The number of nitrogens with one attached hydrogen (secondary N) is 4. The minimum Gasteiger partial charge on any atom is -0.480 e. The van der Waals surface area contributed by atoms with Gasteiger partial charge < -0.3 is 20.3 Å². The van der Waals surface area contributed by atoms with Gasteiger partial charge in [0.15, 0.2) is 12.2 Å². The second kappa shape index (κ2) is 12.0. The monoisotopic (exact) mass is 520 g/mol. The number of carbonyl (C=O) groups is 2. The van der Waals surface area contributed by atoms with Gasteiger partial charge in [-0.3, -0.25) is 15.1 Å². The number of allylic oxidation sites excluding steroid dienone is 1. The van der Waals surface area contributed by atoms with E-state index in [1.165, 1.54) is 0 Å². The Bertz CT molecular complexity index is 1170. The SMILES string of the molecule is Cc1cc(C)c(S(=O)(=O)NC(CN(C=O)C2C=C(CCCCNc3ncc[nH]3)NO2)C(=O)O)c(C)c1. The van der Waals surface area contributed by atoms with Gasteiger partial charge >= 0.3 is 5.97 Å². The number of aryl methyl sites for hydroxylation is 3. The summed E-state index contributed by atoms with van der Waals surface area (Å²) in [5.41, 5.74) is 5.42. The molecule has 2 unspecified atom stereocenters. The molecule has 0 radical (unpaired) electrons. The molecule has 1 aromatic heterocycles. The summed E-state index contributed by atoms with van der Waals surface area (Å²) in [6, 6.07) is 1.85. The van der Waals surface area contributed by atoms with Crippen LogP contribution in [-0.2, 0) is 24.4 Å². The number of aliphatic carboxylic acids is 1. The smallest absolute Gasteiger partial charge is 0.323 e. The fourth-order valence-electron chi connectivity index (χ4n) is 4.10. The van der Waals surface area contributed by atoms with E-state index in [4.69, 9.17) is 4.84 Å². The van der Waals surface area contributed by atoms with Gasteiger partial charge in [-0.2, -0.15) is 4.72 Å². The van der Waals surface area contributed by atoms with Crippen molar-refractivity contribution in [2.75, 3.05) is 18.4 Å². The third-order valence-corrected chi connectivity index (χ3v) is 7.42. The molecular weight excluding hydrogens is 488 g/mol. The zero-order valence-electron chi connectivity index (χ0n) is 20.4. The number of amides is 1. The van der Waals surface area contributed by atoms with Crippen LogP contribution in [0.1, 0.15) is 36.0 Å². The Kier molecular flexibility index (Phi) is 9.07. The van der Waals surface area contributed by atoms with Crippen LogP contribution in [0.25, 0.3) is 0 Å². The zero-order chi connectivity index (χ0) is 26.3. The molecule has 1 aromatic carbocycles. The number of carboxylic acid groups (broad SMARTS) is 1. The molecular formula is C23H32N6O6S. The Balaban J connectivity index is 1.59. The first-order valence-electron chi connectivity index (χ1n) is 11.5. The fourth-order valence-corrected chi connectivity index (χ4v) is 5.74. The van der Waals surface area contributed by atoms with Crippen molar-refractivity contribution in [1.29, 1.82) is 0 Å². The van der Waals surface area contributed by atoms with Crippen LogP contribution in [0, 0.1) is 20.8 Å². The highest BCUT2D eigenvalue weighted by atomic mass is 32.2. The molecule has 13 heteroatoms. The van der Waals surface area contributed by atoms with Crippen LogP contribution >= 0.6 is 0 Å². The van der Waals surface area contributed by atoms with Crippen LogP contribution in [0.4, 0.5) is 5.95 Å². The first kappa shape index (κ1) is 27.2. The predicted octanol–water partition coefficient (Wildman–Crippen LogP) is 1.55. The van der Waals surface area contributed by atoms with E-state index in [2.05, 4.69) is 25.5 Å². The van der Waals surface area contributed by atoms with Crippen LogP contribution in [0.15, 0.2) is 41.2 Å². The van der Waals surface area contributed by atoms with Crippen molar-refractivity contribution in [1.82, 2.24) is 25.1 Å². The van der Waals surface area contributed by atoms with Gasteiger partial charge in [-0.25, -0.2) is 18.2 Å². The highest BCUT2D eigenvalue weighted by Crippen LogP contribution is 2.22. The van der Waals surface area contributed by atoms with E-state index in [9.17, 15) is 23.1 Å². The van der Waals surface area contributed by atoms with Gasteiger partial charge in [0.25, 0.3) is 0 Å². The number of hydrogen-bond acceptors (Lipinski definition) is 8. The summed E-state index contributed by atoms with van der Waals surface area (Å²) in [4.78, 5) is 37.2. The lowest BCUT2D eigenvalue weighted by Crippen LogP contribution is -2.50. The minimum atomic E-state index is -4.16. The lowest BCUT2D eigenvalue weighted by atomic mass is 10.1. The van der Waals surface area contributed by atoms with Gasteiger partial charge in [-0.15, -0.1) is 0 Å². The predicted molar refractivity (Wildman–Crippen MR) is 132 cm³/mol. The summed E-state index contributed by atoms with van der Waals surface area (Å²) in [7, 11) is -4.16. The summed E-state index contributed by atoms with van der Waals surface area (Å²) in [6.45, 7) is 5.46. The van der Waals surface area contributed by atoms with E-state index in [0.717, 1.165) is 35.5 Å². The Hall–Kier alpha value is -3.42. The number of carboxylic acids is 1. The second-order valence-electron chi connectivity index (χ2n) is 8.67. The molecule has 196 valence electrons. The average molecular weight is 521 g/mol. The molecule has 0 fully saturated rings. The molecule has 0 aliphatic carbocycles. The van der Waals surface area contributed by atoms with Gasteiger partial charge in [0.05, 0.1) is 11.4 Å². The first-order chi connectivity index (χ1) is 17.1. The van der Waals surface area contributed by atoms with Crippen molar-refractivity contribution < 1.29 is 28.0 Å². The minimum absolute atomic E-state index is 0.0273. The molecule has 1 aliphatic heterocycles. The number of hydrogen-bond donors (Lipinski definition) is 5. The van der Waals surface area contributed by atoms with Gasteiger partial charge in [-0.05, 0) is 57.2 Å². The summed E-state index contributed by atoms with van der Waals surface area (Å²) < 4.78 is 28.3. The quantitative estimate of drug-likeness (QED) is 0.183. The van der Waals surface area contributed by atoms with Crippen LogP contribution in [0.3, 0.4) is 0 Å². The molecule has 36 heavy (non-hydrogen) atoms. The highest BCUT2D eigenvalue weighted by Gasteiger charge is 2.32. The number of aromatic nitrogens is 2. The molecule has 0 bridgehead atoms. The van der Waals surface area contributed by atoms with E-state index in [1.807, 2.05) is 6.92 Å². The van der Waals surface area contributed by atoms with E-state index >= 15 is 0 Å². The number of H-pyrrole nitrogens is 1. The molecule has 0 spiro atoms. The Labute approximate surface area is 210 Å². The van der Waals surface area contributed by atoms with E-state index < -0.39 is 34.8 Å². The number of sulfonamides is 1. The largest absolute Gasteiger partial charge is 0.480 e. The topological polar surface area (TPSA) is 166 Å². The Morgan fingerprint density at radius 1 is 1.28 bits per heavy atom. The molecule has 3 rings (SSSR count). The van der Waals surface area contributed by atoms with Crippen molar-refractivity contribution in [3.8, 4) is 0 Å². The molecule has 5 N–H and O–H groups in total. The normalized spacial score (nSPS) is 16.2. The molecule has 0 saturated heterocycles. The van der Waals surface area contributed by atoms with Crippen molar-refractivity contribution in [2.45, 2.75) is 57.2 Å². The number of carbonyl (C=O) groups excluding carboxylic acids is 1. The third-order valence-electron chi connectivity index (χ3n) is 5.64. The lowest BCUT2D eigenvalue weighted by molar-refractivity contribution is -0.142. The molecule has 0 saturated carbocycles. The van der Waals surface area contributed by atoms with Crippen molar-refractivity contribution in [2.24, 2.45) is 0 Å². The maximum absolute atomic E-state index is 13.0. The van der Waals surface area contributed by atoms with Crippen molar-refractivity contribution in [3.63, 3.8) is 0 Å². The standard InChI is InChI=1S/C23H32N6O6S/c1-15-10-16(2)21(17(3)11-15)36(33,34)28-19(22(31)32)13-29(14-30)20-12-18(27-35-20)6-4-5-7-24-23-25-8-9-26-23/h8-12,14,19-20,27-28H,4-7,13H2,1-3H3,(H,31,32)(H2,24,25,26). The maximum atomic E-state index is 13.0. The number of benzene rings is 1. The van der Waals surface area contributed by atoms with Crippen molar-refractivity contribution in [3.05, 3.63) is 53.0 Å². The van der Waals surface area contributed by atoms with Crippen LogP contribution in [-0.4, -0.2) is 66.1 Å². The molecule has 2 heterocycles. The Morgan fingerprint density at radius 2 is 2.00 bits per heavy atom. The number of nitrogens with zero attached hydrogens (tertiary/aromatic N) is 2. The maximum Gasteiger partial charge on any atom is 0.323 e. The molecule has 1 amide bonds. The first-order valence-corrected chi connectivity index (χ1v) is 13.0. The van der Waals surface area contributed by atoms with Gasteiger partial charge in [0.2, 0.25) is 16.4 Å². The number of unbranched alkanes of at least 4 members (excludes halogenated alkanes) is 1. The average Bonchev–Trinajstić information content (AvgIpc) is 3.47. The van der Waals surface area contributed by atoms with Gasteiger partial charge in [0, 0.05) is 24.6 Å². The summed E-state index contributed by atoms with van der Waals surface area (Å²) in [5.74, 6) is -0.707. The van der Waals surface area contributed by atoms with E-state index in [0.29, 0.717) is 29.9 Å². The van der Waals surface area contributed by atoms with Crippen LogP contribution < -0.4 is 15.5 Å². The number of anilines is 1. The molecule has 1 aliphatic rings.